The van der Waals surface area contributed by atoms with Gasteiger partial charge in [0.1, 0.15) is 0 Å². The number of amides is 2. The molecule has 0 saturated heterocycles. The van der Waals surface area contributed by atoms with Crippen LogP contribution in [0, 0.1) is 0 Å². The van der Waals surface area contributed by atoms with E-state index in [4.69, 9.17) is 0 Å². The highest BCUT2D eigenvalue weighted by molar-refractivity contribution is 5.96. The number of carbonyl (C=O) groups excluding carboxylic acids is 2. The minimum atomic E-state index is -0.104. The third kappa shape index (κ3) is 6.90. The second kappa shape index (κ2) is 7.78. The van der Waals surface area contributed by atoms with E-state index in [0.29, 0.717) is 17.8 Å². The van der Waals surface area contributed by atoms with E-state index in [2.05, 4.69) is 16.0 Å². The number of rotatable bonds is 6. The first-order valence-corrected chi connectivity index (χ1v) is 7.25. The molecule has 1 rings (SSSR count). The fourth-order valence-electron chi connectivity index (χ4n) is 1.60. The molecule has 0 saturated carbocycles. The first-order chi connectivity index (χ1) is 9.81. The summed E-state index contributed by atoms with van der Waals surface area (Å²) in [4.78, 5) is 23.5. The fourth-order valence-corrected chi connectivity index (χ4v) is 1.60. The van der Waals surface area contributed by atoms with Gasteiger partial charge in [0.15, 0.2) is 0 Å². The van der Waals surface area contributed by atoms with E-state index in [-0.39, 0.29) is 23.9 Å². The summed E-state index contributed by atoms with van der Waals surface area (Å²) in [5.74, 6) is -0.197. The van der Waals surface area contributed by atoms with E-state index in [1.807, 2.05) is 27.7 Å². The molecule has 116 valence electrons. The summed E-state index contributed by atoms with van der Waals surface area (Å²) in [6, 6.07) is 6.88. The molecule has 1 aromatic carbocycles. The second-order valence-electron chi connectivity index (χ2n) is 5.98. The molecule has 0 aliphatic heterocycles. The van der Waals surface area contributed by atoms with Crippen molar-refractivity contribution in [2.45, 2.75) is 39.7 Å². The highest BCUT2D eigenvalue weighted by Crippen LogP contribution is 2.09. The number of carbonyl (C=O) groups is 2. The van der Waals surface area contributed by atoms with E-state index in [9.17, 15) is 9.59 Å². The molecule has 2 amide bonds. The normalized spacial score (nSPS) is 11.0. The van der Waals surface area contributed by atoms with Gasteiger partial charge in [-0.2, -0.15) is 0 Å². The monoisotopic (exact) mass is 291 g/mol. The summed E-state index contributed by atoms with van der Waals surface area (Å²) < 4.78 is 0. The molecule has 0 spiro atoms. The number of hydrogen-bond donors (Lipinski definition) is 3. The summed E-state index contributed by atoms with van der Waals surface area (Å²) >= 11 is 0. The highest BCUT2D eigenvalue weighted by Gasteiger charge is 2.11. The summed E-state index contributed by atoms with van der Waals surface area (Å²) in [6.45, 7) is 8.93. The molecule has 5 heteroatoms. The Bertz CT molecular complexity index is 475. The molecule has 0 unspecified atom stereocenters. The predicted octanol–water partition coefficient (Wildman–Crippen LogP) is 2.15. The minimum absolute atomic E-state index is 0.0934. The summed E-state index contributed by atoms with van der Waals surface area (Å²) in [6.07, 6.45) is 0.903. The molecule has 1 aromatic rings. The molecule has 0 aliphatic carbocycles. The Balaban J connectivity index is 2.51. The zero-order chi connectivity index (χ0) is 15.9. The maximum Gasteiger partial charge on any atom is 0.251 e. The Hall–Kier alpha value is -1.88. The van der Waals surface area contributed by atoms with Gasteiger partial charge in [0.05, 0.1) is 6.54 Å². The van der Waals surface area contributed by atoms with Crippen molar-refractivity contribution in [1.29, 1.82) is 0 Å². The summed E-state index contributed by atoms with van der Waals surface area (Å²) in [5, 5.41) is 8.72. The Morgan fingerprint density at radius 1 is 1.10 bits per heavy atom. The molecule has 21 heavy (non-hydrogen) atoms. The highest BCUT2D eigenvalue weighted by atomic mass is 16.2. The number of hydrogen-bond acceptors (Lipinski definition) is 3. The van der Waals surface area contributed by atoms with Gasteiger partial charge in [-0.25, -0.2) is 0 Å². The molecule has 0 atom stereocenters. The number of benzene rings is 1. The van der Waals surface area contributed by atoms with Gasteiger partial charge in [-0.05, 0) is 51.5 Å². The van der Waals surface area contributed by atoms with Crippen LogP contribution < -0.4 is 16.0 Å². The van der Waals surface area contributed by atoms with Gasteiger partial charge in [-0.3, -0.25) is 9.59 Å². The standard InChI is InChI=1S/C16H25N3O2/c1-5-10-17-15(21)12-6-8-13(9-7-12)19-14(20)11-18-16(2,3)4/h6-9,18H,5,10-11H2,1-4H3,(H,17,21)(H,19,20). The lowest BCUT2D eigenvalue weighted by Crippen LogP contribution is -2.41. The maximum atomic E-state index is 11.8. The Morgan fingerprint density at radius 3 is 2.24 bits per heavy atom. The second-order valence-corrected chi connectivity index (χ2v) is 5.98. The van der Waals surface area contributed by atoms with Crippen molar-refractivity contribution < 1.29 is 9.59 Å². The SMILES string of the molecule is CCCNC(=O)c1ccc(NC(=O)CNC(C)(C)C)cc1. The average Bonchev–Trinajstić information content (AvgIpc) is 2.42. The largest absolute Gasteiger partial charge is 0.352 e. The molecule has 0 bridgehead atoms. The quantitative estimate of drug-likeness (QED) is 0.752. The van der Waals surface area contributed by atoms with Crippen LogP contribution >= 0.6 is 0 Å². The summed E-state index contributed by atoms with van der Waals surface area (Å²) in [7, 11) is 0. The van der Waals surface area contributed by atoms with E-state index >= 15 is 0 Å². The molecular weight excluding hydrogens is 266 g/mol. The minimum Gasteiger partial charge on any atom is -0.352 e. The van der Waals surface area contributed by atoms with E-state index < -0.39 is 0 Å². The molecule has 0 aliphatic rings. The van der Waals surface area contributed by atoms with Crippen LogP contribution in [0.4, 0.5) is 5.69 Å². The first kappa shape index (κ1) is 17.2. The number of anilines is 1. The molecule has 0 aromatic heterocycles. The molecule has 0 radical (unpaired) electrons. The Labute approximate surface area is 126 Å². The predicted molar refractivity (Wildman–Crippen MR) is 85.5 cm³/mol. The van der Waals surface area contributed by atoms with Gasteiger partial charge < -0.3 is 16.0 Å². The van der Waals surface area contributed by atoms with Gasteiger partial charge in [-0.1, -0.05) is 6.92 Å². The first-order valence-electron chi connectivity index (χ1n) is 7.25. The van der Waals surface area contributed by atoms with Crippen molar-refractivity contribution in [2.75, 3.05) is 18.4 Å². The van der Waals surface area contributed by atoms with E-state index in [1.54, 1.807) is 24.3 Å². The maximum absolute atomic E-state index is 11.8. The van der Waals surface area contributed by atoms with Gasteiger partial charge >= 0.3 is 0 Å². The van der Waals surface area contributed by atoms with Crippen LogP contribution in [0.3, 0.4) is 0 Å². The molecule has 5 nitrogen and oxygen atoms in total. The lowest BCUT2D eigenvalue weighted by Gasteiger charge is -2.20. The Morgan fingerprint density at radius 2 is 1.71 bits per heavy atom. The van der Waals surface area contributed by atoms with Crippen molar-refractivity contribution in [2.24, 2.45) is 0 Å². The lowest BCUT2D eigenvalue weighted by molar-refractivity contribution is -0.115. The smallest absolute Gasteiger partial charge is 0.251 e. The van der Waals surface area contributed by atoms with Gasteiger partial charge in [0, 0.05) is 23.3 Å². The summed E-state index contributed by atoms with van der Waals surface area (Å²) in [5.41, 5.74) is 1.18. The van der Waals surface area contributed by atoms with Gasteiger partial charge in [-0.15, -0.1) is 0 Å². The van der Waals surface area contributed by atoms with Crippen LogP contribution in [0.25, 0.3) is 0 Å². The van der Waals surface area contributed by atoms with Crippen LogP contribution in [-0.2, 0) is 4.79 Å². The molecule has 3 N–H and O–H groups in total. The van der Waals surface area contributed by atoms with Crippen LogP contribution in [-0.4, -0.2) is 30.4 Å². The third-order valence-electron chi connectivity index (χ3n) is 2.75. The van der Waals surface area contributed by atoms with Crippen molar-refractivity contribution in [1.82, 2.24) is 10.6 Å². The zero-order valence-corrected chi connectivity index (χ0v) is 13.2. The fraction of sp³-hybridized carbons (Fsp3) is 0.500. The van der Waals surface area contributed by atoms with Crippen LogP contribution in [0.5, 0.6) is 0 Å². The van der Waals surface area contributed by atoms with Crippen LogP contribution in [0.2, 0.25) is 0 Å². The average molecular weight is 291 g/mol. The molecule has 0 fully saturated rings. The molecular formula is C16H25N3O2. The van der Waals surface area contributed by atoms with Gasteiger partial charge in [0.2, 0.25) is 5.91 Å². The van der Waals surface area contributed by atoms with E-state index in [0.717, 1.165) is 6.42 Å². The van der Waals surface area contributed by atoms with Crippen molar-refractivity contribution in [3.63, 3.8) is 0 Å². The zero-order valence-electron chi connectivity index (χ0n) is 13.2. The van der Waals surface area contributed by atoms with Crippen molar-refractivity contribution in [3.05, 3.63) is 29.8 Å². The topological polar surface area (TPSA) is 70.2 Å². The molecule has 0 heterocycles. The van der Waals surface area contributed by atoms with Crippen molar-refractivity contribution in [3.8, 4) is 0 Å². The van der Waals surface area contributed by atoms with Crippen LogP contribution in [0.1, 0.15) is 44.5 Å². The third-order valence-corrected chi connectivity index (χ3v) is 2.75. The van der Waals surface area contributed by atoms with Crippen LogP contribution in [0.15, 0.2) is 24.3 Å². The Kier molecular flexibility index (Phi) is 6.37. The lowest BCUT2D eigenvalue weighted by atomic mass is 10.1. The van der Waals surface area contributed by atoms with Crippen molar-refractivity contribution >= 4 is 17.5 Å². The van der Waals surface area contributed by atoms with E-state index in [1.165, 1.54) is 0 Å². The number of nitrogens with one attached hydrogen (secondary N) is 3. The van der Waals surface area contributed by atoms with Gasteiger partial charge in [0.25, 0.3) is 5.91 Å².